The summed E-state index contributed by atoms with van der Waals surface area (Å²) in [7, 11) is 0. The molecule has 4 rings (SSSR count). The predicted molar refractivity (Wildman–Crippen MR) is 200 cm³/mol. The second-order valence-corrected chi connectivity index (χ2v) is 12.7. The van der Waals surface area contributed by atoms with E-state index in [0.29, 0.717) is 24.8 Å². The number of phenolic OH excluding ortho intramolecular Hbond substituents is 1. The van der Waals surface area contributed by atoms with Crippen molar-refractivity contribution in [1.82, 2.24) is 26.6 Å². The molecule has 0 unspecified atom stereocenters. The van der Waals surface area contributed by atoms with Gasteiger partial charge in [-0.3, -0.25) is 29.2 Å². The third kappa shape index (κ3) is 12.8. The van der Waals surface area contributed by atoms with E-state index in [-0.39, 0.29) is 63.1 Å². The normalized spacial score (nSPS) is 20.3. The van der Waals surface area contributed by atoms with Gasteiger partial charge in [-0.05, 0) is 66.1 Å². The van der Waals surface area contributed by atoms with Crippen LogP contribution in [0, 0.1) is 0 Å². The Morgan fingerprint density at radius 3 is 1.83 bits per heavy atom. The van der Waals surface area contributed by atoms with Gasteiger partial charge >= 0.3 is 0 Å². The lowest BCUT2D eigenvalue weighted by atomic mass is 10.0. The van der Waals surface area contributed by atoms with Gasteiger partial charge < -0.3 is 54.6 Å². The first-order valence-electron chi connectivity index (χ1n) is 17.2. The number of carbonyl (C=O) groups is 4. The quantitative estimate of drug-likeness (QED) is 0.0619. The lowest BCUT2D eigenvalue weighted by Crippen LogP contribution is -2.57. The molecule has 0 saturated carbocycles. The van der Waals surface area contributed by atoms with Gasteiger partial charge in [-0.25, -0.2) is 0 Å². The van der Waals surface area contributed by atoms with Gasteiger partial charge in [0.25, 0.3) is 0 Å². The van der Waals surface area contributed by atoms with Crippen molar-refractivity contribution in [3.63, 3.8) is 0 Å². The molecule has 278 valence electrons. The van der Waals surface area contributed by atoms with Crippen molar-refractivity contribution in [3.8, 4) is 5.75 Å². The molecule has 16 nitrogen and oxygen atoms in total. The maximum absolute atomic E-state index is 13.9. The lowest BCUT2D eigenvalue weighted by Gasteiger charge is -2.26. The Balaban J connectivity index is 1.64. The highest BCUT2D eigenvalue weighted by Crippen LogP contribution is 2.17. The van der Waals surface area contributed by atoms with Crippen LogP contribution in [0.3, 0.4) is 0 Å². The molecule has 0 aliphatic carbocycles. The Bertz CT molecular complexity index is 1740. The number of rotatable bonds is 12. The fraction of sp³-hybridized carbons (Fsp3) is 0.389. The Morgan fingerprint density at radius 2 is 1.21 bits per heavy atom. The first-order chi connectivity index (χ1) is 25.0. The minimum absolute atomic E-state index is 0.0512. The van der Waals surface area contributed by atoms with E-state index in [1.807, 2.05) is 36.4 Å². The van der Waals surface area contributed by atoms with Crippen LogP contribution in [0.25, 0.3) is 10.8 Å². The van der Waals surface area contributed by atoms with Crippen molar-refractivity contribution in [1.29, 1.82) is 0 Å². The molecule has 14 N–H and O–H groups in total. The molecule has 1 heterocycles. The van der Waals surface area contributed by atoms with E-state index >= 15 is 0 Å². The highest BCUT2D eigenvalue weighted by Gasteiger charge is 2.31. The maximum atomic E-state index is 13.9. The average molecular weight is 716 g/mol. The first kappa shape index (κ1) is 38.9. The molecule has 52 heavy (non-hydrogen) atoms. The molecule has 0 radical (unpaired) electrons. The van der Waals surface area contributed by atoms with Crippen LogP contribution in [0.4, 0.5) is 0 Å². The van der Waals surface area contributed by atoms with Crippen LogP contribution >= 0.6 is 0 Å². The summed E-state index contributed by atoms with van der Waals surface area (Å²) in [6, 6.07) is 16.6. The number of phenols is 1. The highest BCUT2D eigenvalue weighted by atomic mass is 16.3. The number of nitrogens with two attached hydrogens (primary N) is 4. The third-order valence-corrected chi connectivity index (χ3v) is 8.50. The van der Waals surface area contributed by atoms with Crippen LogP contribution in [0.15, 0.2) is 76.7 Å². The zero-order chi connectivity index (χ0) is 37.5. The number of aliphatic imine (C=N–C) groups is 2. The van der Waals surface area contributed by atoms with E-state index in [1.165, 1.54) is 12.1 Å². The Hall–Kier alpha value is -5.90. The molecule has 0 aromatic heterocycles. The number of fused-ring (bicyclic) bond motifs is 1. The van der Waals surface area contributed by atoms with Crippen molar-refractivity contribution in [2.45, 2.75) is 62.7 Å². The van der Waals surface area contributed by atoms with E-state index in [1.54, 1.807) is 12.1 Å². The average Bonchev–Trinajstić information content (AvgIpc) is 3.10. The van der Waals surface area contributed by atoms with Crippen molar-refractivity contribution in [3.05, 3.63) is 77.9 Å². The molecular formula is C36H49N11O5. The molecule has 1 fully saturated rings. The van der Waals surface area contributed by atoms with E-state index in [0.717, 1.165) is 16.3 Å². The van der Waals surface area contributed by atoms with E-state index < -0.39 is 47.8 Å². The van der Waals surface area contributed by atoms with Gasteiger partial charge in [0.1, 0.15) is 23.9 Å². The van der Waals surface area contributed by atoms with Crippen LogP contribution < -0.4 is 49.5 Å². The fourth-order valence-corrected chi connectivity index (χ4v) is 5.90. The summed E-state index contributed by atoms with van der Waals surface area (Å²) in [4.78, 5) is 62.8. The van der Waals surface area contributed by atoms with Gasteiger partial charge in [-0.15, -0.1) is 0 Å². The maximum Gasteiger partial charge on any atom is 0.243 e. The summed E-state index contributed by atoms with van der Waals surface area (Å²) in [5.74, 6) is -2.27. The summed E-state index contributed by atoms with van der Waals surface area (Å²) in [6.45, 7) is 0.489. The highest BCUT2D eigenvalue weighted by molar-refractivity contribution is 5.94. The first-order valence-corrected chi connectivity index (χ1v) is 17.2. The van der Waals surface area contributed by atoms with Crippen molar-refractivity contribution >= 4 is 46.3 Å². The SMILES string of the molecule is NC(N)=NCCC[C@@H]1NC(=O)[C@H](CCCN=C(N)N)NC(=O)[C@@H](Cc2ccc(O)cc2)NC(=O)CNC[C@H](Cc2ccc3ccccc3c2)NC1=O. The smallest absolute Gasteiger partial charge is 0.243 e. The number of hydrogen-bond donors (Lipinski definition) is 10. The molecule has 4 atom stereocenters. The molecular weight excluding hydrogens is 666 g/mol. The fourth-order valence-electron chi connectivity index (χ4n) is 5.90. The topological polar surface area (TPSA) is 277 Å². The van der Waals surface area contributed by atoms with Gasteiger partial charge in [0.2, 0.25) is 23.6 Å². The van der Waals surface area contributed by atoms with Crippen LogP contribution in [-0.4, -0.2) is 91.0 Å². The Labute approximate surface area is 302 Å². The second kappa shape index (κ2) is 19.5. The lowest BCUT2D eigenvalue weighted by molar-refractivity contribution is -0.133. The van der Waals surface area contributed by atoms with Gasteiger partial charge in [-0.2, -0.15) is 0 Å². The summed E-state index contributed by atoms with van der Waals surface area (Å²) in [5.41, 5.74) is 23.6. The minimum atomic E-state index is -1.11. The van der Waals surface area contributed by atoms with Gasteiger partial charge in [-0.1, -0.05) is 54.6 Å². The van der Waals surface area contributed by atoms with E-state index in [4.69, 9.17) is 22.9 Å². The second-order valence-electron chi connectivity index (χ2n) is 12.7. The predicted octanol–water partition coefficient (Wildman–Crippen LogP) is -1.02. The van der Waals surface area contributed by atoms with Gasteiger partial charge in [0, 0.05) is 32.1 Å². The van der Waals surface area contributed by atoms with E-state index in [2.05, 4.69) is 42.6 Å². The number of amides is 4. The number of hydrogen-bond acceptors (Lipinski definition) is 8. The molecule has 16 heteroatoms. The molecule has 1 aliphatic rings. The van der Waals surface area contributed by atoms with Crippen LogP contribution in [0.2, 0.25) is 0 Å². The molecule has 3 aromatic carbocycles. The summed E-state index contributed by atoms with van der Waals surface area (Å²) < 4.78 is 0. The van der Waals surface area contributed by atoms with Crippen molar-refractivity contribution in [2.75, 3.05) is 26.2 Å². The van der Waals surface area contributed by atoms with E-state index in [9.17, 15) is 24.3 Å². The van der Waals surface area contributed by atoms with Gasteiger partial charge in [0.05, 0.1) is 6.54 Å². The number of nitrogens with zero attached hydrogens (tertiary/aromatic N) is 2. The number of aromatic hydroxyl groups is 1. The number of guanidine groups is 2. The summed E-state index contributed by atoms with van der Waals surface area (Å²) in [5, 5.41) is 26.5. The standard InChI is InChI=1S/C36H49N11O5/c37-35(38)42-15-3-7-28-32(50)44-26(18-23-9-12-24-5-1-2-6-25(24)17-23)20-41-21-31(49)45-30(19-22-10-13-27(48)14-11-22)34(52)47-29(33(51)46-28)8-4-16-43-36(39)40/h1-2,5-6,9-14,17,26,28-30,41,48H,3-4,7-8,15-16,18-21H2,(H,44,50)(H,45,49)(H,46,51)(H,47,52)(H4,37,38,42)(H4,39,40,43)/t26-,28-,29-,30+/m0/s1. The zero-order valence-corrected chi connectivity index (χ0v) is 29.0. The number of nitrogens with one attached hydrogen (secondary N) is 5. The monoisotopic (exact) mass is 715 g/mol. The summed E-state index contributed by atoms with van der Waals surface area (Å²) in [6.07, 6.45) is 1.53. The van der Waals surface area contributed by atoms with Crippen molar-refractivity contribution in [2.24, 2.45) is 32.9 Å². The Morgan fingerprint density at radius 1 is 0.654 bits per heavy atom. The molecule has 1 saturated heterocycles. The third-order valence-electron chi connectivity index (χ3n) is 8.50. The molecule has 4 amide bonds. The number of carbonyl (C=O) groups excluding carboxylic acids is 4. The molecule has 3 aromatic rings. The largest absolute Gasteiger partial charge is 0.508 e. The number of benzene rings is 3. The molecule has 1 aliphatic heterocycles. The van der Waals surface area contributed by atoms with Crippen LogP contribution in [0.1, 0.15) is 36.8 Å². The zero-order valence-electron chi connectivity index (χ0n) is 29.0. The Kier molecular flexibility index (Phi) is 14.6. The molecule has 0 bridgehead atoms. The van der Waals surface area contributed by atoms with Crippen LogP contribution in [-0.2, 0) is 32.0 Å². The van der Waals surface area contributed by atoms with Crippen LogP contribution in [0.5, 0.6) is 5.75 Å². The van der Waals surface area contributed by atoms with Gasteiger partial charge in [0.15, 0.2) is 11.9 Å². The minimum Gasteiger partial charge on any atom is -0.508 e. The van der Waals surface area contributed by atoms with Crippen molar-refractivity contribution < 1.29 is 24.3 Å². The molecule has 0 spiro atoms. The summed E-state index contributed by atoms with van der Waals surface area (Å²) >= 11 is 0.